The van der Waals surface area contributed by atoms with Gasteiger partial charge in [-0.05, 0) is 66.9 Å². The molecule has 0 atom stereocenters. The predicted molar refractivity (Wildman–Crippen MR) is 131 cm³/mol. The lowest BCUT2D eigenvalue weighted by Crippen LogP contribution is -2.41. The molecule has 3 N–H and O–H groups in total. The summed E-state index contributed by atoms with van der Waals surface area (Å²) in [6.45, 7) is 3.71. The van der Waals surface area contributed by atoms with Gasteiger partial charge in [0.2, 0.25) is 0 Å². The van der Waals surface area contributed by atoms with Gasteiger partial charge in [-0.1, -0.05) is 29.8 Å². The van der Waals surface area contributed by atoms with Crippen LogP contribution in [0.25, 0.3) is 0 Å². The fraction of sp³-hybridized carbons (Fsp3) is 0.200. The largest absolute Gasteiger partial charge is 0.455 e. The molecule has 0 spiro atoms. The Morgan fingerprint density at radius 2 is 1.62 bits per heavy atom. The molecule has 4 rings (SSSR count). The van der Waals surface area contributed by atoms with Crippen LogP contribution >= 0.6 is 15.9 Å². The number of furan rings is 1. The number of hydrogen-bond acceptors (Lipinski definition) is 5. The van der Waals surface area contributed by atoms with E-state index in [4.69, 9.17) is 4.42 Å². The minimum absolute atomic E-state index is 0.0943. The van der Waals surface area contributed by atoms with Gasteiger partial charge in [0.15, 0.2) is 5.76 Å². The molecule has 0 aliphatic heterocycles. The molecule has 1 heterocycles. The Morgan fingerprint density at radius 1 is 0.912 bits per heavy atom. The lowest BCUT2D eigenvalue weighted by Gasteiger charge is -2.13. The molecule has 0 bridgehead atoms. The zero-order valence-electron chi connectivity index (χ0n) is 18.7. The zero-order valence-corrected chi connectivity index (χ0v) is 20.3. The van der Waals surface area contributed by atoms with E-state index in [0.29, 0.717) is 45.5 Å². The van der Waals surface area contributed by atoms with E-state index in [-0.39, 0.29) is 11.7 Å². The standard InChI is InChI=1S/C25H23BrN4O4/c1-14-10-12-16(13-11-14)23(31)28-27-19-8-5-9-20-21(19)15(2)22(34-20)25(33)30-29-24(32)17-6-3-4-7-18(17)26/h3-4,6-7,10-13H,5,8-9H2,1-2H3,(H,28,31)(H,29,32)(H,30,33)/b27-19+. The Kier molecular flexibility index (Phi) is 6.93. The normalized spacial score (nSPS) is 13.8. The Hall–Kier alpha value is -3.72. The smallest absolute Gasteiger partial charge is 0.305 e. The molecule has 1 aliphatic rings. The van der Waals surface area contributed by atoms with Crippen molar-refractivity contribution in [3.63, 3.8) is 0 Å². The van der Waals surface area contributed by atoms with E-state index in [1.165, 1.54) is 0 Å². The first kappa shape index (κ1) is 23.4. The number of nitrogens with one attached hydrogen (secondary N) is 3. The van der Waals surface area contributed by atoms with Gasteiger partial charge in [-0.2, -0.15) is 5.10 Å². The summed E-state index contributed by atoms with van der Waals surface area (Å²) in [5.74, 6) is -0.619. The van der Waals surface area contributed by atoms with Crippen LogP contribution < -0.4 is 16.3 Å². The van der Waals surface area contributed by atoms with Gasteiger partial charge >= 0.3 is 5.91 Å². The average Bonchev–Trinajstić information content (AvgIpc) is 3.18. The van der Waals surface area contributed by atoms with Crippen molar-refractivity contribution in [1.82, 2.24) is 16.3 Å². The van der Waals surface area contributed by atoms with E-state index >= 15 is 0 Å². The number of hydrazone groups is 1. The number of rotatable bonds is 4. The van der Waals surface area contributed by atoms with Gasteiger partial charge < -0.3 is 4.42 Å². The highest BCUT2D eigenvalue weighted by molar-refractivity contribution is 9.10. The molecule has 1 aromatic heterocycles. The fourth-order valence-electron chi connectivity index (χ4n) is 3.77. The Bertz CT molecular complexity index is 1290. The minimum atomic E-state index is -0.574. The first-order chi connectivity index (χ1) is 16.3. The van der Waals surface area contributed by atoms with Crippen molar-refractivity contribution in [2.45, 2.75) is 33.1 Å². The minimum Gasteiger partial charge on any atom is -0.455 e. The molecule has 1 aliphatic carbocycles. The Morgan fingerprint density at radius 3 is 2.35 bits per heavy atom. The molecule has 9 heteroatoms. The lowest BCUT2D eigenvalue weighted by molar-refractivity contribution is 0.0829. The average molecular weight is 523 g/mol. The van der Waals surface area contributed by atoms with Crippen LogP contribution in [0.3, 0.4) is 0 Å². The monoisotopic (exact) mass is 522 g/mol. The number of carbonyl (C=O) groups is 3. The van der Waals surface area contributed by atoms with Crippen LogP contribution in [0.4, 0.5) is 0 Å². The Balaban J connectivity index is 1.48. The highest BCUT2D eigenvalue weighted by Gasteiger charge is 2.28. The quantitative estimate of drug-likeness (QED) is 0.445. The maximum absolute atomic E-state index is 12.7. The second kappa shape index (κ2) is 10.0. The summed E-state index contributed by atoms with van der Waals surface area (Å²) in [4.78, 5) is 37.6. The Labute approximate surface area is 204 Å². The molecule has 174 valence electrons. The molecule has 3 aromatic rings. The van der Waals surface area contributed by atoms with Gasteiger partial charge in [0, 0.05) is 27.6 Å². The summed E-state index contributed by atoms with van der Waals surface area (Å²) in [6.07, 6.45) is 2.07. The molecule has 0 radical (unpaired) electrons. The number of hydrogen-bond donors (Lipinski definition) is 3. The molecule has 3 amide bonds. The number of fused-ring (bicyclic) bond motifs is 1. The summed E-state index contributed by atoms with van der Waals surface area (Å²) in [6, 6.07) is 14.1. The van der Waals surface area contributed by atoms with Crippen molar-refractivity contribution in [2.24, 2.45) is 5.10 Å². The third-order valence-corrected chi connectivity index (χ3v) is 6.24. The number of carbonyl (C=O) groups excluding carboxylic acids is 3. The van der Waals surface area contributed by atoms with Crippen LogP contribution in [0, 0.1) is 13.8 Å². The third-order valence-electron chi connectivity index (χ3n) is 5.55. The predicted octanol–water partition coefficient (Wildman–Crippen LogP) is 4.20. The van der Waals surface area contributed by atoms with Crippen molar-refractivity contribution in [2.75, 3.05) is 0 Å². The first-order valence-electron chi connectivity index (χ1n) is 10.8. The van der Waals surface area contributed by atoms with Gasteiger partial charge in [-0.3, -0.25) is 25.2 Å². The highest BCUT2D eigenvalue weighted by atomic mass is 79.9. The number of benzene rings is 2. The van der Waals surface area contributed by atoms with E-state index in [9.17, 15) is 14.4 Å². The number of hydrazine groups is 1. The van der Waals surface area contributed by atoms with Crippen LogP contribution in [0.1, 0.15) is 66.6 Å². The van der Waals surface area contributed by atoms with Crippen LogP contribution in [0.15, 0.2) is 62.5 Å². The molecule has 8 nitrogen and oxygen atoms in total. The van der Waals surface area contributed by atoms with Crippen molar-refractivity contribution >= 4 is 39.4 Å². The maximum Gasteiger partial charge on any atom is 0.305 e. The van der Waals surface area contributed by atoms with E-state index in [0.717, 1.165) is 17.5 Å². The summed E-state index contributed by atoms with van der Waals surface area (Å²) in [7, 11) is 0. The lowest BCUT2D eigenvalue weighted by atomic mass is 9.93. The van der Waals surface area contributed by atoms with Gasteiger partial charge in [-0.25, -0.2) is 5.43 Å². The van der Waals surface area contributed by atoms with Crippen LogP contribution in [-0.4, -0.2) is 23.4 Å². The van der Waals surface area contributed by atoms with E-state index in [1.807, 2.05) is 19.1 Å². The number of nitrogens with zero attached hydrogens (tertiary/aromatic N) is 1. The van der Waals surface area contributed by atoms with Crippen molar-refractivity contribution in [1.29, 1.82) is 0 Å². The van der Waals surface area contributed by atoms with Crippen molar-refractivity contribution < 1.29 is 18.8 Å². The second-order valence-electron chi connectivity index (χ2n) is 7.96. The topological polar surface area (TPSA) is 113 Å². The third kappa shape index (κ3) is 4.94. The molecule has 2 aromatic carbocycles. The van der Waals surface area contributed by atoms with Crippen LogP contribution in [-0.2, 0) is 6.42 Å². The maximum atomic E-state index is 12.7. The first-order valence-corrected chi connectivity index (χ1v) is 11.6. The zero-order chi connectivity index (χ0) is 24.2. The van der Waals surface area contributed by atoms with Gasteiger partial charge in [-0.15, -0.1) is 0 Å². The van der Waals surface area contributed by atoms with Crippen molar-refractivity contribution in [3.05, 3.63) is 92.3 Å². The van der Waals surface area contributed by atoms with Crippen molar-refractivity contribution in [3.8, 4) is 0 Å². The SMILES string of the molecule is Cc1ccc(C(=O)N/N=C2\CCCc3oc(C(=O)NNC(=O)c4ccccc4Br)c(C)c32)cc1. The van der Waals surface area contributed by atoms with Crippen LogP contribution in [0.5, 0.6) is 0 Å². The summed E-state index contributed by atoms with van der Waals surface area (Å²) in [5.41, 5.74) is 11.3. The number of aryl methyl sites for hydroxylation is 2. The number of amides is 3. The summed E-state index contributed by atoms with van der Waals surface area (Å²) < 4.78 is 6.44. The van der Waals surface area contributed by atoms with Gasteiger partial charge in [0.25, 0.3) is 11.8 Å². The highest BCUT2D eigenvalue weighted by Crippen LogP contribution is 2.29. The second-order valence-corrected chi connectivity index (χ2v) is 8.82. The molecule has 0 fully saturated rings. The number of halogens is 1. The van der Waals surface area contributed by atoms with Gasteiger partial charge in [0.1, 0.15) is 5.76 Å². The molecule has 0 saturated heterocycles. The molecule has 34 heavy (non-hydrogen) atoms. The summed E-state index contributed by atoms with van der Waals surface area (Å²) in [5, 5.41) is 4.33. The summed E-state index contributed by atoms with van der Waals surface area (Å²) >= 11 is 3.31. The van der Waals surface area contributed by atoms with Crippen LogP contribution in [0.2, 0.25) is 0 Å². The van der Waals surface area contributed by atoms with E-state index in [1.54, 1.807) is 43.3 Å². The molecule has 0 saturated carbocycles. The molecule has 0 unspecified atom stereocenters. The van der Waals surface area contributed by atoms with Gasteiger partial charge in [0.05, 0.1) is 11.3 Å². The molecular formula is C25H23BrN4O4. The van der Waals surface area contributed by atoms with E-state index in [2.05, 4.69) is 37.3 Å². The van der Waals surface area contributed by atoms with E-state index < -0.39 is 11.8 Å². The fourth-order valence-corrected chi connectivity index (χ4v) is 4.23. The molecular weight excluding hydrogens is 500 g/mol.